The molecule has 0 aliphatic rings. The molecule has 0 aliphatic heterocycles. The minimum atomic E-state index is -3.88. The lowest BCUT2D eigenvalue weighted by molar-refractivity contribution is 0.403. The average Bonchev–Trinajstić information content (AvgIpc) is 3.04. The second-order valence-electron chi connectivity index (χ2n) is 4.81. The van der Waals surface area contributed by atoms with E-state index in [1.54, 1.807) is 36.3 Å². The molecule has 24 heavy (non-hydrogen) atoms. The van der Waals surface area contributed by atoms with E-state index in [0.29, 0.717) is 0 Å². The molecule has 0 saturated carbocycles. The van der Waals surface area contributed by atoms with Gasteiger partial charge in [-0.1, -0.05) is 24.8 Å². The highest BCUT2D eigenvalue weighted by Crippen LogP contribution is 2.33. The maximum atomic E-state index is 11.6. The van der Waals surface area contributed by atoms with Crippen molar-refractivity contribution in [3.63, 3.8) is 0 Å². The standard InChI is InChI=1S/C15H14ClN3O3S2/c1-3-23-15-18-9-11(14-17-6-7-19(14)15)10-4-5-13(24(16,20)21)12(8-10)22-2/h4-9H,3H2,1-2H3. The predicted molar refractivity (Wildman–Crippen MR) is 94.4 cm³/mol. The maximum Gasteiger partial charge on any atom is 0.264 e. The summed E-state index contributed by atoms with van der Waals surface area (Å²) in [5, 5.41) is 0.848. The van der Waals surface area contributed by atoms with Gasteiger partial charge in [0.15, 0.2) is 5.16 Å². The summed E-state index contributed by atoms with van der Waals surface area (Å²) in [5.74, 6) is 1.08. The molecule has 0 fully saturated rings. The summed E-state index contributed by atoms with van der Waals surface area (Å²) in [6.45, 7) is 2.05. The van der Waals surface area contributed by atoms with Crippen LogP contribution < -0.4 is 4.74 Å². The number of thioether (sulfide) groups is 1. The third-order valence-electron chi connectivity index (χ3n) is 3.40. The van der Waals surface area contributed by atoms with Crippen LogP contribution in [0.1, 0.15) is 6.92 Å². The van der Waals surface area contributed by atoms with Gasteiger partial charge in [0.1, 0.15) is 16.3 Å². The first-order chi connectivity index (χ1) is 11.5. The fourth-order valence-corrected chi connectivity index (χ4v) is 4.04. The summed E-state index contributed by atoms with van der Waals surface area (Å²) >= 11 is 1.62. The van der Waals surface area contributed by atoms with E-state index >= 15 is 0 Å². The normalized spacial score (nSPS) is 11.8. The zero-order chi connectivity index (χ0) is 17.3. The molecule has 0 amide bonds. The Labute approximate surface area is 148 Å². The van der Waals surface area contributed by atoms with Crippen molar-refractivity contribution in [2.75, 3.05) is 12.9 Å². The molecular weight excluding hydrogens is 370 g/mol. The SMILES string of the molecule is CCSc1ncc(-c2ccc(S(=O)(=O)Cl)c(OC)c2)c2nccn12. The van der Waals surface area contributed by atoms with E-state index in [4.69, 9.17) is 15.4 Å². The number of aromatic nitrogens is 3. The number of nitrogens with zero attached hydrogens (tertiary/aromatic N) is 3. The van der Waals surface area contributed by atoms with Gasteiger partial charge in [0.05, 0.1) is 7.11 Å². The second-order valence-corrected chi connectivity index (χ2v) is 8.58. The van der Waals surface area contributed by atoms with Crippen LogP contribution in [0.2, 0.25) is 0 Å². The van der Waals surface area contributed by atoms with Crippen molar-refractivity contribution in [3.05, 3.63) is 36.8 Å². The average molecular weight is 384 g/mol. The van der Waals surface area contributed by atoms with Crippen LogP contribution in [-0.2, 0) is 9.05 Å². The molecule has 3 rings (SSSR count). The highest BCUT2D eigenvalue weighted by Gasteiger charge is 2.18. The molecule has 0 bridgehead atoms. The first-order valence-corrected chi connectivity index (χ1v) is 10.3. The quantitative estimate of drug-likeness (QED) is 0.381. The largest absolute Gasteiger partial charge is 0.495 e. The highest BCUT2D eigenvalue weighted by atomic mass is 35.7. The van der Waals surface area contributed by atoms with E-state index in [2.05, 4.69) is 16.9 Å². The number of benzene rings is 1. The Hall–Kier alpha value is -1.77. The first kappa shape index (κ1) is 17.1. The Bertz CT molecular complexity index is 1000. The van der Waals surface area contributed by atoms with E-state index in [9.17, 15) is 8.42 Å². The zero-order valence-corrected chi connectivity index (χ0v) is 15.3. The Morgan fingerprint density at radius 2 is 2.12 bits per heavy atom. The monoisotopic (exact) mass is 383 g/mol. The van der Waals surface area contributed by atoms with Gasteiger partial charge in [-0.3, -0.25) is 4.40 Å². The van der Waals surface area contributed by atoms with E-state index in [1.165, 1.54) is 13.2 Å². The molecule has 0 radical (unpaired) electrons. The Morgan fingerprint density at radius 1 is 1.33 bits per heavy atom. The third-order valence-corrected chi connectivity index (χ3v) is 5.61. The topological polar surface area (TPSA) is 73.6 Å². The first-order valence-electron chi connectivity index (χ1n) is 7.03. The van der Waals surface area contributed by atoms with Crippen LogP contribution in [0.5, 0.6) is 5.75 Å². The van der Waals surface area contributed by atoms with Gasteiger partial charge in [0.2, 0.25) is 0 Å². The van der Waals surface area contributed by atoms with Gasteiger partial charge in [-0.15, -0.1) is 0 Å². The van der Waals surface area contributed by atoms with E-state index in [1.807, 2.05) is 10.6 Å². The van der Waals surface area contributed by atoms with Gasteiger partial charge in [-0.05, 0) is 23.4 Å². The maximum absolute atomic E-state index is 11.6. The lowest BCUT2D eigenvalue weighted by Gasteiger charge is -2.10. The smallest absolute Gasteiger partial charge is 0.264 e. The van der Waals surface area contributed by atoms with Crippen LogP contribution >= 0.6 is 22.4 Å². The van der Waals surface area contributed by atoms with Gasteiger partial charge in [-0.25, -0.2) is 18.4 Å². The molecule has 3 aromatic rings. The Morgan fingerprint density at radius 3 is 2.79 bits per heavy atom. The van der Waals surface area contributed by atoms with Gasteiger partial charge >= 0.3 is 0 Å². The minimum Gasteiger partial charge on any atom is -0.495 e. The predicted octanol–water partition coefficient (Wildman–Crippen LogP) is 3.44. The molecule has 2 aromatic heterocycles. The molecule has 0 unspecified atom stereocenters. The summed E-state index contributed by atoms with van der Waals surface area (Å²) in [7, 11) is 2.95. The molecule has 1 aromatic carbocycles. The molecule has 9 heteroatoms. The number of methoxy groups -OCH3 is 1. The van der Waals surface area contributed by atoms with Gasteiger partial charge in [0.25, 0.3) is 9.05 Å². The lowest BCUT2D eigenvalue weighted by atomic mass is 10.1. The molecular formula is C15H14ClN3O3S2. The number of imidazole rings is 1. The second kappa shape index (κ2) is 6.62. The summed E-state index contributed by atoms with van der Waals surface area (Å²) < 4.78 is 30.3. The van der Waals surface area contributed by atoms with Crippen LogP contribution in [0.25, 0.3) is 16.8 Å². The fraction of sp³-hybridized carbons (Fsp3) is 0.200. The van der Waals surface area contributed by atoms with Crippen molar-refractivity contribution in [2.24, 2.45) is 0 Å². The molecule has 126 valence electrons. The van der Waals surface area contributed by atoms with E-state index in [0.717, 1.165) is 27.7 Å². The van der Waals surface area contributed by atoms with Crippen LogP contribution in [0, 0.1) is 0 Å². The van der Waals surface area contributed by atoms with Crippen molar-refractivity contribution in [1.29, 1.82) is 0 Å². The number of hydrogen-bond acceptors (Lipinski definition) is 6. The zero-order valence-electron chi connectivity index (χ0n) is 12.9. The summed E-state index contributed by atoms with van der Waals surface area (Å²) in [5.41, 5.74) is 2.26. The van der Waals surface area contributed by atoms with Crippen molar-refractivity contribution in [3.8, 4) is 16.9 Å². The Kier molecular flexibility index (Phi) is 4.71. The molecule has 0 aliphatic carbocycles. The van der Waals surface area contributed by atoms with Gasteiger partial charge < -0.3 is 4.74 Å². The number of hydrogen-bond donors (Lipinski definition) is 0. The van der Waals surface area contributed by atoms with Crippen molar-refractivity contribution < 1.29 is 13.2 Å². The summed E-state index contributed by atoms with van der Waals surface area (Å²) in [6.07, 6.45) is 5.28. The number of rotatable bonds is 5. The van der Waals surface area contributed by atoms with Crippen molar-refractivity contribution >= 4 is 37.1 Å². The van der Waals surface area contributed by atoms with Crippen LogP contribution in [0.4, 0.5) is 0 Å². The number of fused-ring (bicyclic) bond motifs is 1. The lowest BCUT2D eigenvalue weighted by Crippen LogP contribution is -1.99. The van der Waals surface area contributed by atoms with Crippen molar-refractivity contribution in [1.82, 2.24) is 14.4 Å². The number of ether oxygens (including phenoxy) is 1. The van der Waals surface area contributed by atoms with Gasteiger partial charge in [-0.2, -0.15) is 0 Å². The van der Waals surface area contributed by atoms with Crippen molar-refractivity contribution in [2.45, 2.75) is 17.0 Å². The highest BCUT2D eigenvalue weighted by molar-refractivity contribution is 8.13. The molecule has 0 N–H and O–H groups in total. The van der Waals surface area contributed by atoms with E-state index in [-0.39, 0.29) is 10.6 Å². The van der Waals surface area contributed by atoms with Crippen LogP contribution in [0.3, 0.4) is 0 Å². The summed E-state index contributed by atoms with van der Waals surface area (Å²) in [4.78, 5) is 8.79. The Balaban J connectivity index is 2.18. The van der Waals surface area contributed by atoms with E-state index < -0.39 is 9.05 Å². The molecule has 0 atom stereocenters. The third kappa shape index (κ3) is 3.09. The molecule has 0 saturated heterocycles. The molecule has 2 heterocycles. The fourth-order valence-electron chi connectivity index (χ4n) is 2.37. The van der Waals surface area contributed by atoms with Crippen LogP contribution in [0.15, 0.2) is 46.8 Å². The number of halogens is 1. The molecule has 0 spiro atoms. The van der Waals surface area contributed by atoms with Crippen LogP contribution in [-0.4, -0.2) is 35.6 Å². The molecule has 6 nitrogen and oxygen atoms in total. The van der Waals surface area contributed by atoms with Gasteiger partial charge in [0, 0.05) is 34.8 Å². The minimum absolute atomic E-state index is 0.0686. The summed E-state index contributed by atoms with van der Waals surface area (Å²) in [6, 6.07) is 4.70.